The van der Waals surface area contributed by atoms with E-state index < -0.39 is 7.23 Å². The first-order valence-corrected chi connectivity index (χ1v) is 9.19. The van der Waals surface area contributed by atoms with Crippen LogP contribution in [0.1, 0.15) is 45.4 Å². The lowest BCUT2D eigenvalue weighted by Crippen LogP contribution is -1.80. The highest BCUT2D eigenvalue weighted by Crippen LogP contribution is 2.43. The van der Waals surface area contributed by atoms with E-state index in [4.69, 9.17) is 4.89 Å². The Balaban J connectivity index is 2.87. The molecule has 0 aromatic heterocycles. The Kier molecular flexibility index (Phi) is 11.7. The van der Waals surface area contributed by atoms with Crippen LogP contribution in [0.15, 0.2) is 0 Å². The standard InChI is InChI=1S/C8H19O2PS2/c1-2-3-4-5-6-7-8-12-13-11(9)10/h11H,2-8H2,1H3,(H,9,10). The molecule has 2 nitrogen and oxygen atoms in total. The summed E-state index contributed by atoms with van der Waals surface area (Å²) in [4.78, 5) is 8.51. The van der Waals surface area contributed by atoms with Gasteiger partial charge in [0.15, 0.2) is 0 Å². The zero-order chi connectivity index (χ0) is 9.94. The number of hydrogen-bond donors (Lipinski definition) is 1. The molecule has 1 unspecified atom stereocenters. The van der Waals surface area contributed by atoms with Crippen LogP contribution in [0.5, 0.6) is 0 Å². The summed E-state index contributed by atoms with van der Waals surface area (Å²) in [6.45, 7) is 2.21. The van der Waals surface area contributed by atoms with Crippen LogP contribution in [-0.4, -0.2) is 10.6 Å². The lowest BCUT2D eigenvalue weighted by molar-refractivity contribution is 0.520. The fraction of sp³-hybridized carbons (Fsp3) is 1.00. The summed E-state index contributed by atoms with van der Waals surface area (Å²) in [6.07, 6.45) is 7.72. The van der Waals surface area contributed by atoms with Gasteiger partial charge in [-0.25, -0.2) is 0 Å². The van der Waals surface area contributed by atoms with Gasteiger partial charge in [0.2, 0.25) is 0 Å². The van der Waals surface area contributed by atoms with Crippen molar-refractivity contribution in [1.82, 2.24) is 0 Å². The summed E-state index contributed by atoms with van der Waals surface area (Å²) in [6, 6.07) is 0. The Bertz CT molecular complexity index is 133. The maximum atomic E-state index is 10.3. The van der Waals surface area contributed by atoms with Crippen LogP contribution in [0.3, 0.4) is 0 Å². The Hall–Kier alpha value is 0.890. The van der Waals surface area contributed by atoms with Gasteiger partial charge in [-0.3, -0.25) is 4.57 Å². The van der Waals surface area contributed by atoms with E-state index in [1.165, 1.54) is 49.3 Å². The molecule has 5 heteroatoms. The molecule has 0 amide bonds. The zero-order valence-electron chi connectivity index (χ0n) is 8.12. The Morgan fingerprint density at radius 3 is 2.38 bits per heavy atom. The summed E-state index contributed by atoms with van der Waals surface area (Å²) < 4.78 is 10.3. The summed E-state index contributed by atoms with van der Waals surface area (Å²) in [5.41, 5.74) is 0. The van der Waals surface area contributed by atoms with Crippen LogP contribution in [0.4, 0.5) is 0 Å². The van der Waals surface area contributed by atoms with Crippen LogP contribution in [0.2, 0.25) is 0 Å². The highest BCUT2D eigenvalue weighted by molar-refractivity contribution is 8.96. The number of rotatable bonds is 9. The van der Waals surface area contributed by atoms with Crippen molar-refractivity contribution in [2.45, 2.75) is 45.4 Å². The molecule has 0 aliphatic carbocycles. The second kappa shape index (κ2) is 11.0. The van der Waals surface area contributed by atoms with Crippen molar-refractivity contribution in [1.29, 1.82) is 0 Å². The van der Waals surface area contributed by atoms with E-state index in [9.17, 15) is 4.57 Å². The maximum absolute atomic E-state index is 10.3. The van der Waals surface area contributed by atoms with E-state index >= 15 is 0 Å². The maximum Gasteiger partial charge on any atom is 0.254 e. The molecule has 1 N–H and O–H groups in total. The van der Waals surface area contributed by atoms with Gasteiger partial charge in [-0.1, -0.05) is 49.8 Å². The topological polar surface area (TPSA) is 37.3 Å². The summed E-state index contributed by atoms with van der Waals surface area (Å²) in [5, 5.41) is 0. The summed E-state index contributed by atoms with van der Waals surface area (Å²) >= 11 is 0. The Morgan fingerprint density at radius 1 is 1.15 bits per heavy atom. The van der Waals surface area contributed by atoms with Crippen LogP contribution >= 0.6 is 28.4 Å². The van der Waals surface area contributed by atoms with Gasteiger partial charge in [0.05, 0.1) is 0 Å². The first-order chi connectivity index (χ1) is 6.27. The van der Waals surface area contributed by atoms with E-state index in [1.54, 1.807) is 0 Å². The van der Waals surface area contributed by atoms with Crippen molar-refractivity contribution in [3.63, 3.8) is 0 Å². The van der Waals surface area contributed by atoms with E-state index in [1.807, 2.05) is 0 Å². The fourth-order valence-electron chi connectivity index (χ4n) is 1.03. The third-order valence-corrected chi connectivity index (χ3v) is 6.05. The second-order valence-electron chi connectivity index (χ2n) is 2.94. The van der Waals surface area contributed by atoms with Crippen molar-refractivity contribution < 1.29 is 9.46 Å². The van der Waals surface area contributed by atoms with E-state index in [0.29, 0.717) is 0 Å². The third-order valence-electron chi connectivity index (χ3n) is 1.71. The first-order valence-electron chi connectivity index (χ1n) is 4.79. The van der Waals surface area contributed by atoms with Gasteiger partial charge < -0.3 is 4.89 Å². The molecule has 0 aliphatic rings. The number of unbranched alkanes of at least 4 members (excludes halogenated alkanes) is 5. The molecule has 0 fully saturated rings. The van der Waals surface area contributed by atoms with Gasteiger partial charge in [0.1, 0.15) is 0 Å². The lowest BCUT2D eigenvalue weighted by Gasteiger charge is -1.99. The average molecular weight is 242 g/mol. The Morgan fingerprint density at radius 2 is 1.77 bits per heavy atom. The van der Waals surface area contributed by atoms with Gasteiger partial charge in [0.25, 0.3) is 7.23 Å². The predicted molar refractivity (Wildman–Crippen MR) is 64.6 cm³/mol. The highest BCUT2D eigenvalue weighted by Gasteiger charge is 1.94. The first kappa shape index (κ1) is 13.9. The molecule has 0 radical (unpaired) electrons. The van der Waals surface area contributed by atoms with Crippen molar-refractivity contribution in [3.8, 4) is 0 Å². The minimum atomic E-state index is -2.31. The highest BCUT2D eigenvalue weighted by atomic mass is 33.3. The largest absolute Gasteiger partial charge is 0.338 e. The molecular formula is C8H19O2PS2. The average Bonchev–Trinajstić information content (AvgIpc) is 2.09. The Labute approximate surface area is 89.3 Å². The normalized spacial score (nSPS) is 13.1. The number of hydrogen-bond acceptors (Lipinski definition) is 3. The van der Waals surface area contributed by atoms with Crippen molar-refractivity contribution in [3.05, 3.63) is 0 Å². The monoisotopic (exact) mass is 242 g/mol. The molecule has 0 aliphatic heterocycles. The van der Waals surface area contributed by atoms with Crippen LogP contribution in [0, 0.1) is 0 Å². The molecule has 0 heterocycles. The van der Waals surface area contributed by atoms with E-state index in [-0.39, 0.29) is 0 Å². The molecule has 0 saturated heterocycles. The molecule has 0 bridgehead atoms. The van der Waals surface area contributed by atoms with Gasteiger partial charge in [0, 0.05) is 5.75 Å². The smallest absolute Gasteiger partial charge is 0.254 e. The summed E-state index contributed by atoms with van der Waals surface area (Å²) in [5.74, 6) is 1.01. The lowest BCUT2D eigenvalue weighted by atomic mass is 10.1. The molecule has 1 atom stereocenters. The zero-order valence-corrected chi connectivity index (χ0v) is 10.8. The quantitative estimate of drug-likeness (QED) is 0.375. The van der Waals surface area contributed by atoms with Crippen LogP contribution in [0.25, 0.3) is 0 Å². The minimum absolute atomic E-state index is 1.01. The van der Waals surface area contributed by atoms with Crippen LogP contribution in [-0.2, 0) is 4.57 Å². The molecule has 80 valence electrons. The van der Waals surface area contributed by atoms with E-state index in [0.717, 1.165) is 16.2 Å². The minimum Gasteiger partial charge on any atom is -0.338 e. The van der Waals surface area contributed by atoms with Crippen molar-refractivity contribution in [2.75, 3.05) is 5.75 Å². The van der Waals surface area contributed by atoms with Gasteiger partial charge in [-0.05, 0) is 16.8 Å². The van der Waals surface area contributed by atoms with Crippen molar-refractivity contribution >= 4 is 28.4 Å². The molecule has 0 spiro atoms. The molecular weight excluding hydrogens is 223 g/mol. The van der Waals surface area contributed by atoms with Crippen molar-refractivity contribution in [2.24, 2.45) is 0 Å². The third kappa shape index (κ3) is 12.9. The second-order valence-corrected chi connectivity index (χ2v) is 8.04. The molecule has 0 aromatic carbocycles. The predicted octanol–water partition coefficient (Wildman–Crippen LogP) is 4.11. The molecule has 0 saturated carbocycles. The van der Waals surface area contributed by atoms with Gasteiger partial charge >= 0.3 is 0 Å². The summed E-state index contributed by atoms with van der Waals surface area (Å²) in [7, 11) is 0.337. The van der Waals surface area contributed by atoms with Crippen LogP contribution < -0.4 is 0 Å². The molecule has 0 aromatic rings. The van der Waals surface area contributed by atoms with Gasteiger partial charge in [-0.2, -0.15) is 0 Å². The molecule has 13 heavy (non-hydrogen) atoms. The fourth-order valence-corrected chi connectivity index (χ4v) is 4.10. The van der Waals surface area contributed by atoms with E-state index in [2.05, 4.69) is 6.92 Å². The SMILES string of the molecule is CCCCCCCCSS[PH](=O)O. The molecule has 0 rings (SSSR count). The van der Waals surface area contributed by atoms with Gasteiger partial charge in [-0.15, -0.1) is 0 Å².